The van der Waals surface area contributed by atoms with Crippen molar-refractivity contribution in [1.82, 2.24) is 10.2 Å². The molecule has 1 heterocycles. The van der Waals surface area contributed by atoms with E-state index in [1.165, 1.54) is 0 Å². The molecule has 1 fully saturated rings. The number of rotatable bonds is 2. The maximum Gasteiger partial charge on any atom is 0.250 e. The molecule has 1 aliphatic heterocycles. The summed E-state index contributed by atoms with van der Waals surface area (Å²) in [4.78, 5) is 26.0. The quantitative estimate of drug-likeness (QED) is 0.854. The minimum absolute atomic E-state index is 0.0197. The molecule has 0 saturated carbocycles. The summed E-state index contributed by atoms with van der Waals surface area (Å²) < 4.78 is 0. The van der Waals surface area contributed by atoms with Crippen LogP contribution in [-0.4, -0.2) is 29.3 Å². The number of hydrogen-bond acceptors (Lipinski definition) is 2. The number of carbonyl (C=O) groups is 2. The van der Waals surface area contributed by atoms with Gasteiger partial charge in [-0.15, -0.1) is 0 Å². The van der Waals surface area contributed by atoms with Crippen LogP contribution in [0.25, 0.3) is 0 Å². The standard InChI is InChI=1S/C14H18N2O2/c1-10(2)16-12(17)9-15-13(18)14(16,3)11-7-5-4-6-8-11/h4-8,10H,9H2,1-3H3,(H,15,18). The average Bonchev–Trinajstić information content (AvgIpc) is 2.35. The number of nitrogens with one attached hydrogen (secondary N) is 1. The third kappa shape index (κ3) is 1.78. The zero-order chi connectivity index (χ0) is 13.3. The molecule has 0 bridgehead atoms. The number of carbonyl (C=O) groups excluding carboxylic acids is 2. The number of nitrogens with zero attached hydrogens (tertiary/aromatic N) is 1. The van der Waals surface area contributed by atoms with Gasteiger partial charge in [-0.1, -0.05) is 30.3 Å². The monoisotopic (exact) mass is 246 g/mol. The second-order valence-electron chi connectivity index (χ2n) is 4.98. The topological polar surface area (TPSA) is 49.4 Å². The lowest BCUT2D eigenvalue weighted by molar-refractivity contribution is -0.156. The molecule has 4 heteroatoms. The minimum atomic E-state index is -0.926. The maximum absolute atomic E-state index is 12.3. The van der Waals surface area contributed by atoms with E-state index in [0.717, 1.165) is 5.56 Å². The Morgan fingerprint density at radius 3 is 2.39 bits per heavy atom. The number of piperazine rings is 1. The van der Waals surface area contributed by atoms with Gasteiger partial charge >= 0.3 is 0 Å². The van der Waals surface area contributed by atoms with E-state index < -0.39 is 5.54 Å². The second kappa shape index (κ2) is 4.44. The van der Waals surface area contributed by atoms with Crippen LogP contribution >= 0.6 is 0 Å². The number of hydrogen-bond donors (Lipinski definition) is 1. The molecule has 2 rings (SSSR count). The molecule has 0 radical (unpaired) electrons. The van der Waals surface area contributed by atoms with E-state index in [1.54, 1.807) is 11.8 Å². The van der Waals surface area contributed by atoms with E-state index in [1.807, 2.05) is 44.2 Å². The van der Waals surface area contributed by atoms with Gasteiger partial charge in [0, 0.05) is 6.04 Å². The Bertz CT molecular complexity index is 470. The van der Waals surface area contributed by atoms with Crippen LogP contribution in [0.15, 0.2) is 30.3 Å². The first-order valence-corrected chi connectivity index (χ1v) is 6.14. The van der Waals surface area contributed by atoms with Crippen molar-refractivity contribution in [3.63, 3.8) is 0 Å². The largest absolute Gasteiger partial charge is 0.345 e. The van der Waals surface area contributed by atoms with E-state index in [-0.39, 0.29) is 24.4 Å². The number of amides is 2. The zero-order valence-electron chi connectivity index (χ0n) is 10.9. The first-order valence-electron chi connectivity index (χ1n) is 6.14. The van der Waals surface area contributed by atoms with Gasteiger partial charge in [-0.25, -0.2) is 0 Å². The van der Waals surface area contributed by atoms with Crippen molar-refractivity contribution in [2.75, 3.05) is 6.54 Å². The fourth-order valence-corrected chi connectivity index (χ4v) is 2.61. The van der Waals surface area contributed by atoms with Crippen LogP contribution in [0.1, 0.15) is 26.3 Å². The van der Waals surface area contributed by atoms with Gasteiger partial charge in [-0.2, -0.15) is 0 Å². The molecule has 0 aromatic heterocycles. The van der Waals surface area contributed by atoms with Crippen LogP contribution < -0.4 is 5.32 Å². The van der Waals surface area contributed by atoms with E-state index >= 15 is 0 Å². The van der Waals surface area contributed by atoms with Crippen molar-refractivity contribution < 1.29 is 9.59 Å². The van der Waals surface area contributed by atoms with E-state index in [9.17, 15) is 9.59 Å². The van der Waals surface area contributed by atoms with Gasteiger partial charge in [-0.3, -0.25) is 9.59 Å². The molecule has 96 valence electrons. The molecular formula is C14H18N2O2. The van der Waals surface area contributed by atoms with Crippen molar-refractivity contribution in [3.05, 3.63) is 35.9 Å². The van der Waals surface area contributed by atoms with Gasteiger partial charge in [0.05, 0.1) is 6.54 Å². The van der Waals surface area contributed by atoms with E-state index in [2.05, 4.69) is 5.32 Å². The lowest BCUT2D eigenvalue weighted by atomic mass is 9.86. The predicted octanol–water partition coefficient (Wildman–Crippen LogP) is 1.27. The summed E-state index contributed by atoms with van der Waals surface area (Å²) in [6.45, 7) is 5.74. The molecule has 1 aromatic carbocycles. The lowest BCUT2D eigenvalue weighted by Gasteiger charge is -2.46. The Hall–Kier alpha value is -1.84. The Morgan fingerprint density at radius 2 is 1.83 bits per heavy atom. The Morgan fingerprint density at radius 1 is 1.22 bits per heavy atom. The SMILES string of the molecule is CC(C)N1C(=O)CNC(=O)C1(C)c1ccccc1. The summed E-state index contributed by atoms with van der Waals surface area (Å²) in [5, 5.41) is 2.68. The highest BCUT2D eigenvalue weighted by atomic mass is 16.2. The smallest absolute Gasteiger partial charge is 0.250 e. The molecule has 1 atom stereocenters. The molecule has 1 N–H and O–H groups in total. The minimum Gasteiger partial charge on any atom is -0.345 e. The van der Waals surface area contributed by atoms with Crippen LogP contribution in [0, 0.1) is 0 Å². The zero-order valence-corrected chi connectivity index (χ0v) is 10.9. The highest BCUT2D eigenvalue weighted by molar-refractivity contribution is 5.98. The van der Waals surface area contributed by atoms with E-state index in [0.29, 0.717) is 0 Å². The molecule has 2 amide bonds. The Labute approximate surface area is 107 Å². The summed E-state index contributed by atoms with van der Waals surface area (Å²) in [6.07, 6.45) is 0. The molecule has 1 saturated heterocycles. The van der Waals surface area contributed by atoms with E-state index in [4.69, 9.17) is 0 Å². The lowest BCUT2D eigenvalue weighted by Crippen LogP contribution is -2.65. The summed E-state index contributed by atoms with van der Waals surface area (Å²) in [5.74, 6) is -0.169. The first-order chi connectivity index (χ1) is 8.48. The van der Waals surface area contributed by atoms with Gasteiger partial charge < -0.3 is 10.2 Å². The molecule has 4 nitrogen and oxygen atoms in total. The maximum atomic E-state index is 12.3. The van der Waals surface area contributed by atoms with Crippen molar-refractivity contribution in [2.24, 2.45) is 0 Å². The van der Waals surface area contributed by atoms with Crippen molar-refractivity contribution >= 4 is 11.8 Å². The van der Waals surface area contributed by atoms with Crippen molar-refractivity contribution in [2.45, 2.75) is 32.4 Å². The summed E-state index contributed by atoms with van der Waals surface area (Å²) in [5.41, 5.74) is -0.0886. The van der Waals surface area contributed by atoms with Crippen LogP contribution in [0.2, 0.25) is 0 Å². The van der Waals surface area contributed by atoms with Crippen molar-refractivity contribution in [1.29, 1.82) is 0 Å². The highest BCUT2D eigenvalue weighted by Crippen LogP contribution is 2.32. The van der Waals surface area contributed by atoms with Crippen molar-refractivity contribution in [3.8, 4) is 0 Å². The number of benzene rings is 1. The molecule has 18 heavy (non-hydrogen) atoms. The van der Waals surface area contributed by atoms with Crippen LogP contribution in [0.5, 0.6) is 0 Å². The molecule has 1 aromatic rings. The first kappa shape index (κ1) is 12.6. The average molecular weight is 246 g/mol. The third-order valence-electron chi connectivity index (χ3n) is 3.45. The van der Waals surface area contributed by atoms with Crippen LogP contribution in [0.3, 0.4) is 0 Å². The fraction of sp³-hybridized carbons (Fsp3) is 0.429. The normalized spacial score (nSPS) is 24.3. The van der Waals surface area contributed by atoms with Gasteiger partial charge in [0.2, 0.25) is 5.91 Å². The summed E-state index contributed by atoms with van der Waals surface area (Å²) in [7, 11) is 0. The van der Waals surface area contributed by atoms with Gasteiger partial charge in [0.15, 0.2) is 0 Å². The Balaban J connectivity index is 2.54. The van der Waals surface area contributed by atoms with Gasteiger partial charge in [0.1, 0.15) is 5.54 Å². The Kier molecular flexibility index (Phi) is 3.11. The third-order valence-corrected chi connectivity index (χ3v) is 3.45. The fourth-order valence-electron chi connectivity index (χ4n) is 2.61. The van der Waals surface area contributed by atoms with Crippen LogP contribution in [-0.2, 0) is 15.1 Å². The highest BCUT2D eigenvalue weighted by Gasteiger charge is 2.47. The molecule has 1 unspecified atom stereocenters. The predicted molar refractivity (Wildman–Crippen MR) is 68.8 cm³/mol. The molecular weight excluding hydrogens is 228 g/mol. The van der Waals surface area contributed by atoms with Crippen LogP contribution in [0.4, 0.5) is 0 Å². The molecule has 0 spiro atoms. The summed E-state index contributed by atoms with van der Waals surface area (Å²) >= 11 is 0. The second-order valence-corrected chi connectivity index (χ2v) is 4.98. The molecule has 1 aliphatic rings. The molecule has 0 aliphatic carbocycles. The van der Waals surface area contributed by atoms with Gasteiger partial charge in [0.25, 0.3) is 5.91 Å². The van der Waals surface area contributed by atoms with Gasteiger partial charge in [-0.05, 0) is 26.3 Å². The summed E-state index contributed by atoms with van der Waals surface area (Å²) in [6, 6.07) is 9.40.